The molecular weight excluding hydrogens is 495 g/mol. The van der Waals surface area contributed by atoms with Gasteiger partial charge in [0.15, 0.2) is 5.96 Å². The molecule has 3 N–H and O–H groups in total. The first-order chi connectivity index (χ1) is 13.7. The molecule has 1 aromatic carbocycles. The molecule has 1 amide bonds. The van der Waals surface area contributed by atoms with E-state index < -0.39 is 0 Å². The molecule has 0 atom stereocenters. The van der Waals surface area contributed by atoms with Gasteiger partial charge in [0.25, 0.3) is 0 Å². The minimum Gasteiger partial charge on any atom is -0.491 e. The number of anilines is 1. The van der Waals surface area contributed by atoms with Crippen LogP contribution in [0.3, 0.4) is 0 Å². The van der Waals surface area contributed by atoms with Gasteiger partial charge in [-0.2, -0.15) is 0 Å². The smallest absolute Gasteiger partial charge is 0.242 e. The molecule has 7 nitrogen and oxygen atoms in total. The van der Waals surface area contributed by atoms with E-state index >= 15 is 0 Å². The van der Waals surface area contributed by atoms with E-state index in [-0.39, 0.29) is 48.1 Å². The van der Waals surface area contributed by atoms with Crippen LogP contribution in [0.25, 0.3) is 0 Å². The number of amides is 1. The maximum atomic E-state index is 12.1. The Morgan fingerprint density at radius 2 is 1.87 bits per heavy atom. The molecule has 0 saturated heterocycles. The number of nitrogens with one attached hydrogen (secondary N) is 3. The van der Waals surface area contributed by atoms with Crippen LogP contribution in [0.1, 0.15) is 40.4 Å². The molecule has 2 aromatic rings. The van der Waals surface area contributed by atoms with Crippen molar-refractivity contribution in [3.05, 3.63) is 48.4 Å². The van der Waals surface area contributed by atoms with Gasteiger partial charge in [0, 0.05) is 24.2 Å². The summed E-state index contributed by atoms with van der Waals surface area (Å²) in [6.45, 7) is 10.4. The normalized spacial score (nSPS) is 11.6. The zero-order valence-corrected chi connectivity index (χ0v) is 20.7. The number of guanidine groups is 1. The summed E-state index contributed by atoms with van der Waals surface area (Å²) >= 11 is 0. The fourth-order valence-electron chi connectivity index (χ4n) is 2.53. The number of ether oxygens (including phenoxy) is 1. The van der Waals surface area contributed by atoms with Crippen LogP contribution in [0.5, 0.6) is 5.75 Å². The molecule has 1 aromatic heterocycles. The topological polar surface area (TPSA) is 87.9 Å². The monoisotopic (exact) mass is 528 g/mol. The van der Waals surface area contributed by atoms with Crippen molar-refractivity contribution in [1.29, 1.82) is 0 Å². The zero-order chi connectivity index (χ0) is 21.3. The van der Waals surface area contributed by atoms with Crippen molar-refractivity contribution >= 4 is 41.5 Å². The summed E-state index contributed by atoms with van der Waals surface area (Å²) in [6.07, 6.45) is 2.49. The summed E-state index contributed by atoms with van der Waals surface area (Å²) in [5.41, 5.74) is 0.556. The number of halogens is 1. The number of hydrogen-bond acceptors (Lipinski definition) is 4. The average molecular weight is 528 g/mol. The average Bonchev–Trinajstić information content (AvgIpc) is 3.12. The summed E-state index contributed by atoms with van der Waals surface area (Å²) < 4.78 is 11.0. The van der Waals surface area contributed by atoms with E-state index in [1.807, 2.05) is 71.0 Å². The van der Waals surface area contributed by atoms with Gasteiger partial charge in [-0.3, -0.25) is 4.79 Å². The van der Waals surface area contributed by atoms with Gasteiger partial charge in [0.1, 0.15) is 18.1 Å². The summed E-state index contributed by atoms with van der Waals surface area (Å²) in [5.74, 6) is 2.08. The second kappa shape index (κ2) is 12.5. The lowest BCUT2D eigenvalue weighted by atomic mass is 10.1. The van der Waals surface area contributed by atoms with E-state index in [2.05, 4.69) is 20.9 Å². The predicted octanol–water partition coefficient (Wildman–Crippen LogP) is 4.20. The third-order valence-electron chi connectivity index (χ3n) is 3.63. The van der Waals surface area contributed by atoms with Crippen LogP contribution in [0, 0.1) is 0 Å². The number of aliphatic imine (C=N–C) groups is 1. The minimum atomic E-state index is -0.293. The Morgan fingerprint density at radius 1 is 1.17 bits per heavy atom. The van der Waals surface area contributed by atoms with E-state index in [1.165, 1.54) is 0 Å². The lowest BCUT2D eigenvalue weighted by Crippen LogP contribution is -2.42. The Balaban J connectivity index is 0.00000450. The maximum absolute atomic E-state index is 12.1. The van der Waals surface area contributed by atoms with Gasteiger partial charge in [-0.05, 0) is 71.0 Å². The lowest BCUT2D eigenvalue weighted by molar-refractivity contribution is -0.121. The standard InChI is InChI=1S/C22H32N4O3.HI/c1-16(2)29-19-10-8-17(9-11-19)25-21(23-13-12-18-7-6-14-28-18)24-15-20(27)26-22(3,4)5;/h6-11,14,16H,12-13,15H2,1-5H3,(H,26,27)(H2,23,24,25);1H. The highest BCUT2D eigenvalue weighted by molar-refractivity contribution is 14.0. The van der Waals surface area contributed by atoms with Gasteiger partial charge in [0.05, 0.1) is 12.4 Å². The van der Waals surface area contributed by atoms with Crippen LogP contribution in [0.15, 0.2) is 52.1 Å². The van der Waals surface area contributed by atoms with Crippen molar-refractivity contribution in [2.75, 3.05) is 18.4 Å². The molecule has 166 valence electrons. The van der Waals surface area contributed by atoms with E-state index in [1.54, 1.807) is 6.26 Å². The highest BCUT2D eigenvalue weighted by Crippen LogP contribution is 2.16. The molecule has 0 radical (unpaired) electrons. The SMILES string of the molecule is CC(C)Oc1ccc(NC(=NCC(=O)NC(C)(C)C)NCCc2ccco2)cc1.I. The summed E-state index contributed by atoms with van der Waals surface area (Å²) in [6, 6.07) is 11.4. The van der Waals surface area contributed by atoms with Gasteiger partial charge in [-0.15, -0.1) is 24.0 Å². The van der Waals surface area contributed by atoms with E-state index in [0.29, 0.717) is 18.9 Å². The van der Waals surface area contributed by atoms with Crippen LogP contribution in [-0.2, 0) is 11.2 Å². The van der Waals surface area contributed by atoms with Gasteiger partial charge < -0.3 is 25.1 Å². The molecule has 0 bridgehead atoms. The van der Waals surface area contributed by atoms with Crippen molar-refractivity contribution in [1.82, 2.24) is 10.6 Å². The largest absolute Gasteiger partial charge is 0.491 e. The van der Waals surface area contributed by atoms with Gasteiger partial charge in [0.2, 0.25) is 5.91 Å². The van der Waals surface area contributed by atoms with Gasteiger partial charge >= 0.3 is 0 Å². The Morgan fingerprint density at radius 3 is 2.43 bits per heavy atom. The number of nitrogens with zero attached hydrogens (tertiary/aromatic N) is 1. The highest BCUT2D eigenvalue weighted by Gasteiger charge is 2.13. The number of furan rings is 1. The molecular formula is C22H33IN4O3. The first kappa shape index (κ1) is 25.8. The fourth-order valence-corrected chi connectivity index (χ4v) is 2.53. The van der Waals surface area contributed by atoms with Gasteiger partial charge in [-0.25, -0.2) is 4.99 Å². The van der Waals surface area contributed by atoms with Crippen LogP contribution in [0.2, 0.25) is 0 Å². The molecule has 0 saturated carbocycles. The molecule has 0 aliphatic rings. The van der Waals surface area contributed by atoms with Crippen LogP contribution in [-0.4, -0.2) is 36.6 Å². The number of benzene rings is 1. The first-order valence-corrected chi connectivity index (χ1v) is 9.87. The first-order valence-electron chi connectivity index (χ1n) is 9.87. The van der Waals surface area contributed by atoms with Crippen molar-refractivity contribution in [3.8, 4) is 5.75 Å². The minimum absolute atomic E-state index is 0. The Hall–Kier alpha value is -2.23. The fraction of sp³-hybridized carbons (Fsp3) is 0.455. The van der Waals surface area contributed by atoms with E-state index in [0.717, 1.165) is 17.2 Å². The third kappa shape index (κ3) is 10.5. The highest BCUT2D eigenvalue weighted by atomic mass is 127. The molecule has 0 unspecified atom stereocenters. The zero-order valence-electron chi connectivity index (χ0n) is 18.3. The number of carbonyl (C=O) groups is 1. The summed E-state index contributed by atoms with van der Waals surface area (Å²) in [5, 5.41) is 9.38. The molecule has 0 aliphatic heterocycles. The molecule has 8 heteroatoms. The summed E-state index contributed by atoms with van der Waals surface area (Å²) in [4.78, 5) is 16.5. The molecule has 1 heterocycles. The van der Waals surface area contributed by atoms with Crippen LogP contribution in [0.4, 0.5) is 5.69 Å². The maximum Gasteiger partial charge on any atom is 0.242 e. The second-order valence-corrected chi connectivity index (χ2v) is 8.04. The Kier molecular flexibility index (Phi) is 10.7. The number of rotatable bonds is 8. The second-order valence-electron chi connectivity index (χ2n) is 8.04. The summed E-state index contributed by atoms with van der Waals surface area (Å²) in [7, 11) is 0. The third-order valence-corrected chi connectivity index (χ3v) is 3.63. The molecule has 0 spiro atoms. The van der Waals surface area contributed by atoms with Gasteiger partial charge in [-0.1, -0.05) is 0 Å². The van der Waals surface area contributed by atoms with E-state index in [4.69, 9.17) is 9.15 Å². The van der Waals surface area contributed by atoms with Crippen molar-refractivity contribution in [2.24, 2.45) is 4.99 Å². The van der Waals surface area contributed by atoms with Crippen molar-refractivity contribution in [3.63, 3.8) is 0 Å². The van der Waals surface area contributed by atoms with Crippen LogP contribution < -0.4 is 20.7 Å². The lowest BCUT2D eigenvalue weighted by Gasteiger charge is -2.20. The molecule has 0 aliphatic carbocycles. The Labute approximate surface area is 196 Å². The number of hydrogen-bond donors (Lipinski definition) is 3. The Bertz CT molecular complexity index is 782. The van der Waals surface area contributed by atoms with Crippen molar-refractivity contribution in [2.45, 2.75) is 52.7 Å². The van der Waals surface area contributed by atoms with Crippen LogP contribution >= 0.6 is 24.0 Å². The molecule has 0 fully saturated rings. The molecule has 2 rings (SSSR count). The van der Waals surface area contributed by atoms with E-state index in [9.17, 15) is 4.79 Å². The predicted molar refractivity (Wildman–Crippen MR) is 132 cm³/mol. The molecule has 30 heavy (non-hydrogen) atoms. The quantitative estimate of drug-likeness (QED) is 0.272. The van der Waals surface area contributed by atoms with Crippen molar-refractivity contribution < 1.29 is 13.9 Å². The number of carbonyl (C=O) groups excluding carboxylic acids is 1.